The maximum Gasteiger partial charge on any atom is 0.0601 e. The average Bonchev–Trinajstić information content (AvgIpc) is 2.03. The minimum absolute atomic E-state index is 0.534. The van der Waals surface area contributed by atoms with Crippen LogP contribution in [0.25, 0.3) is 0 Å². The quantitative estimate of drug-likeness (QED) is 0.683. The molecule has 0 amide bonds. The number of nitrogen functional groups attached to an aromatic ring is 1. The number of benzene rings is 1. The molecule has 0 unspecified atom stereocenters. The van der Waals surface area contributed by atoms with E-state index in [1.54, 1.807) is 0 Å². The Labute approximate surface area is 80.1 Å². The lowest BCUT2D eigenvalue weighted by Gasteiger charge is -2.13. The molecule has 0 aliphatic rings. The van der Waals surface area contributed by atoms with Gasteiger partial charge in [-0.15, -0.1) is 0 Å². The van der Waals surface area contributed by atoms with E-state index in [0.717, 1.165) is 11.4 Å². The van der Waals surface area contributed by atoms with Crippen LogP contribution in [0.15, 0.2) is 12.1 Å². The van der Waals surface area contributed by atoms with Gasteiger partial charge in [-0.1, -0.05) is 19.9 Å². The molecular formula is C11H18N2. The van der Waals surface area contributed by atoms with E-state index in [1.165, 1.54) is 11.1 Å². The molecule has 2 heteroatoms. The first kappa shape index (κ1) is 9.90. The van der Waals surface area contributed by atoms with Crippen molar-refractivity contribution in [1.29, 1.82) is 0 Å². The van der Waals surface area contributed by atoms with Crippen molar-refractivity contribution < 1.29 is 0 Å². The summed E-state index contributed by atoms with van der Waals surface area (Å²) in [7, 11) is 1.90. The molecule has 1 aromatic rings. The van der Waals surface area contributed by atoms with Crippen LogP contribution < -0.4 is 11.1 Å². The van der Waals surface area contributed by atoms with Crippen LogP contribution in [-0.4, -0.2) is 7.05 Å². The fourth-order valence-electron chi connectivity index (χ4n) is 1.52. The van der Waals surface area contributed by atoms with Gasteiger partial charge in [0.2, 0.25) is 0 Å². The molecule has 0 aromatic heterocycles. The second kappa shape index (κ2) is 3.69. The first-order valence-electron chi connectivity index (χ1n) is 4.64. The zero-order chi connectivity index (χ0) is 10.0. The highest BCUT2D eigenvalue weighted by molar-refractivity contribution is 5.71. The zero-order valence-electron chi connectivity index (χ0n) is 8.81. The standard InChI is InChI=1S/C11H18N2/c1-7(2)9-5-8(3)11(13-4)10(12)6-9/h5-7,13H,12H2,1-4H3. The van der Waals surface area contributed by atoms with Crippen molar-refractivity contribution in [2.75, 3.05) is 18.1 Å². The SMILES string of the molecule is CNc1c(C)cc(C(C)C)cc1N. The molecule has 0 radical (unpaired) electrons. The van der Waals surface area contributed by atoms with Crippen LogP contribution in [0.2, 0.25) is 0 Å². The molecule has 0 aliphatic heterocycles. The third-order valence-corrected chi connectivity index (χ3v) is 2.31. The summed E-state index contributed by atoms with van der Waals surface area (Å²) in [6, 6.07) is 4.23. The van der Waals surface area contributed by atoms with E-state index in [4.69, 9.17) is 5.73 Å². The van der Waals surface area contributed by atoms with Crippen LogP contribution in [0.3, 0.4) is 0 Å². The van der Waals surface area contributed by atoms with Crippen molar-refractivity contribution in [1.82, 2.24) is 0 Å². The predicted octanol–water partition coefficient (Wildman–Crippen LogP) is 2.74. The van der Waals surface area contributed by atoms with E-state index < -0.39 is 0 Å². The van der Waals surface area contributed by atoms with E-state index in [-0.39, 0.29) is 0 Å². The molecular weight excluding hydrogens is 160 g/mol. The molecule has 13 heavy (non-hydrogen) atoms. The van der Waals surface area contributed by atoms with Gasteiger partial charge in [0.05, 0.1) is 11.4 Å². The molecule has 1 aromatic carbocycles. The molecule has 0 heterocycles. The molecule has 72 valence electrons. The zero-order valence-corrected chi connectivity index (χ0v) is 8.81. The highest BCUT2D eigenvalue weighted by Crippen LogP contribution is 2.27. The van der Waals surface area contributed by atoms with E-state index in [2.05, 4.69) is 32.2 Å². The van der Waals surface area contributed by atoms with Gasteiger partial charge in [-0.2, -0.15) is 0 Å². The van der Waals surface area contributed by atoms with E-state index in [0.29, 0.717) is 5.92 Å². The highest BCUT2D eigenvalue weighted by atomic mass is 14.9. The molecule has 0 atom stereocenters. The van der Waals surface area contributed by atoms with Crippen molar-refractivity contribution in [2.45, 2.75) is 26.7 Å². The molecule has 3 N–H and O–H groups in total. The topological polar surface area (TPSA) is 38.0 Å². The first-order valence-corrected chi connectivity index (χ1v) is 4.64. The Morgan fingerprint density at radius 1 is 1.31 bits per heavy atom. The van der Waals surface area contributed by atoms with Gasteiger partial charge in [-0.05, 0) is 30.0 Å². The lowest BCUT2D eigenvalue weighted by molar-refractivity contribution is 0.866. The number of nitrogens with two attached hydrogens (primary N) is 1. The van der Waals surface area contributed by atoms with Crippen molar-refractivity contribution in [3.63, 3.8) is 0 Å². The fourth-order valence-corrected chi connectivity index (χ4v) is 1.52. The van der Waals surface area contributed by atoms with Crippen molar-refractivity contribution >= 4 is 11.4 Å². The minimum Gasteiger partial charge on any atom is -0.397 e. The average molecular weight is 178 g/mol. The highest BCUT2D eigenvalue weighted by Gasteiger charge is 2.06. The Kier molecular flexibility index (Phi) is 2.81. The van der Waals surface area contributed by atoms with E-state index in [1.807, 2.05) is 13.1 Å². The van der Waals surface area contributed by atoms with Gasteiger partial charge in [0.25, 0.3) is 0 Å². The van der Waals surface area contributed by atoms with Crippen molar-refractivity contribution in [2.24, 2.45) is 0 Å². The normalized spacial score (nSPS) is 10.5. The Bertz CT molecular complexity index is 280. The third-order valence-electron chi connectivity index (χ3n) is 2.31. The maximum atomic E-state index is 5.91. The number of hydrogen-bond donors (Lipinski definition) is 2. The molecule has 0 spiro atoms. The van der Waals surface area contributed by atoms with Crippen molar-refractivity contribution in [3.05, 3.63) is 23.3 Å². The van der Waals surface area contributed by atoms with Gasteiger partial charge < -0.3 is 11.1 Å². The molecule has 0 aliphatic carbocycles. The Morgan fingerprint density at radius 3 is 2.31 bits per heavy atom. The summed E-state index contributed by atoms with van der Waals surface area (Å²) in [4.78, 5) is 0. The lowest BCUT2D eigenvalue weighted by atomic mass is 9.99. The van der Waals surface area contributed by atoms with Crippen LogP contribution >= 0.6 is 0 Å². The van der Waals surface area contributed by atoms with Gasteiger partial charge in [0.1, 0.15) is 0 Å². The summed E-state index contributed by atoms with van der Waals surface area (Å²) < 4.78 is 0. The summed E-state index contributed by atoms with van der Waals surface area (Å²) in [5, 5.41) is 3.10. The predicted molar refractivity (Wildman–Crippen MR) is 59.2 cm³/mol. The first-order chi connectivity index (χ1) is 6.06. The Hall–Kier alpha value is -1.18. The molecule has 0 fully saturated rings. The maximum absolute atomic E-state index is 5.91. The van der Waals surface area contributed by atoms with E-state index in [9.17, 15) is 0 Å². The Morgan fingerprint density at radius 2 is 1.92 bits per heavy atom. The fraction of sp³-hybridized carbons (Fsp3) is 0.455. The molecule has 0 bridgehead atoms. The Balaban J connectivity index is 3.20. The summed E-state index contributed by atoms with van der Waals surface area (Å²) in [6.45, 7) is 6.43. The number of nitrogens with one attached hydrogen (secondary N) is 1. The largest absolute Gasteiger partial charge is 0.397 e. The monoisotopic (exact) mass is 178 g/mol. The van der Waals surface area contributed by atoms with Crippen molar-refractivity contribution in [3.8, 4) is 0 Å². The van der Waals surface area contributed by atoms with Crippen LogP contribution in [-0.2, 0) is 0 Å². The smallest absolute Gasteiger partial charge is 0.0601 e. The summed E-state index contributed by atoms with van der Waals surface area (Å²) >= 11 is 0. The van der Waals surface area contributed by atoms with Crippen LogP contribution in [0.1, 0.15) is 30.9 Å². The number of hydrogen-bond acceptors (Lipinski definition) is 2. The molecule has 2 nitrogen and oxygen atoms in total. The number of aryl methyl sites for hydroxylation is 1. The summed E-state index contributed by atoms with van der Waals surface area (Å²) in [5.41, 5.74) is 10.3. The second-order valence-electron chi connectivity index (χ2n) is 3.71. The van der Waals surface area contributed by atoms with Gasteiger partial charge in [-0.3, -0.25) is 0 Å². The van der Waals surface area contributed by atoms with Crippen LogP contribution in [0.5, 0.6) is 0 Å². The summed E-state index contributed by atoms with van der Waals surface area (Å²) in [5.74, 6) is 0.534. The molecule has 0 saturated carbocycles. The minimum atomic E-state index is 0.534. The number of anilines is 2. The third kappa shape index (κ3) is 1.94. The van der Waals surface area contributed by atoms with Gasteiger partial charge in [0.15, 0.2) is 0 Å². The van der Waals surface area contributed by atoms with Gasteiger partial charge in [0, 0.05) is 7.05 Å². The second-order valence-corrected chi connectivity index (χ2v) is 3.71. The van der Waals surface area contributed by atoms with E-state index >= 15 is 0 Å². The molecule has 1 rings (SSSR count). The number of rotatable bonds is 2. The van der Waals surface area contributed by atoms with Crippen LogP contribution in [0.4, 0.5) is 11.4 Å². The summed E-state index contributed by atoms with van der Waals surface area (Å²) in [6.07, 6.45) is 0. The van der Waals surface area contributed by atoms with Crippen LogP contribution in [0, 0.1) is 6.92 Å². The molecule has 0 saturated heterocycles. The van der Waals surface area contributed by atoms with Gasteiger partial charge in [-0.25, -0.2) is 0 Å². The lowest BCUT2D eigenvalue weighted by Crippen LogP contribution is -2.00. The van der Waals surface area contributed by atoms with Gasteiger partial charge >= 0.3 is 0 Å².